The maximum absolute atomic E-state index is 8.99. The highest BCUT2D eigenvalue weighted by molar-refractivity contribution is 6.30. The molecule has 1 aromatic carbocycles. The second kappa shape index (κ2) is 20.0. The second-order valence-electron chi connectivity index (χ2n) is 9.31. The molecule has 0 aliphatic carbocycles. The van der Waals surface area contributed by atoms with Crippen molar-refractivity contribution in [2.24, 2.45) is 5.92 Å². The van der Waals surface area contributed by atoms with Crippen LogP contribution < -0.4 is 0 Å². The Labute approximate surface area is 236 Å². The number of aliphatic hydroxyl groups is 1. The summed E-state index contributed by atoms with van der Waals surface area (Å²) in [6.07, 6.45) is 11.4. The number of hydrogen-bond donors (Lipinski definition) is 3. The van der Waals surface area contributed by atoms with E-state index in [9.17, 15) is 0 Å². The largest absolute Gasteiger partial charge is 0.392 e. The van der Waals surface area contributed by atoms with Gasteiger partial charge in [-0.3, -0.25) is 4.98 Å². The molecule has 0 saturated carbocycles. The summed E-state index contributed by atoms with van der Waals surface area (Å²) >= 11 is 5.83. The van der Waals surface area contributed by atoms with Crippen LogP contribution in [0.2, 0.25) is 5.02 Å². The molecule has 4 nitrogen and oxygen atoms in total. The third kappa shape index (κ3) is 13.5. The number of nitrogens with one attached hydrogen (secondary N) is 2. The Morgan fingerprint density at radius 2 is 1.82 bits per heavy atom. The predicted molar refractivity (Wildman–Crippen MR) is 167 cm³/mol. The van der Waals surface area contributed by atoms with Crippen LogP contribution in [-0.4, -0.2) is 22.0 Å². The van der Waals surface area contributed by atoms with Gasteiger partial charge in [-0.1, -0.05) is 81.7 Å². The molecule has 0 aliphatic heterocycles. The molecule has 1 atom stereocenters. The molecule has 2 aromatic rings. The van der Waals surface area contributed by atoms with Crippen LogP contribution in [0.5, 0.6) is 0 Å². The molecule has 38 heavy (non-hydrogen) atoms. The lowest BCUT2D eigenvalue weighted by Crippen LogP contribution is -2.01. The Bertz CT molecular complexity index is 1150. The summed E-state index contributed by atoms with van der Waals surface area (Å²) in [6, 6.07) is 7.55. The molecule has 0 amide bonds. The van der Waals surface area contributed by atoms with Gasteiger partial charge in [0.1, 0.15) is 0 Å². The molecule has 206 valence electrons. The van der Waals surface area contributed by atoms with E-state index in [4.69, 9.17) is 27.5 Å². The van der Waals surface area contributed by atoms with E-state index in [1.165, 1.54) is 12.6 Å². The Hall–Kier alpha value is -3.00. The van der Waals surface area contributed by atoms with Gasteiger partial charge in [0.05, 0.1) is 12.3 Å². The zero-order valence-electron chi connectivity index (χ0n) is 24.5. The quantitative estimate of drug-likeness (QED) is 0.233. The summed E-state index contributed by atoms with van der Waals surface area (Å²) in [7, 11) is 0. The number of hydrogen-bond acceptors (Lipinski definition) is 4. The van der Waals surface area contributed by atoms with Crippen molar-refractivity contribution in [3.05, 3.63) is 81.2 Å². The fourth-order valence-corrected chi connectivity index (χ4v) is 3.53. The van der Waals surface area contributed by atoms with Crippen molar-refractivity contribution in [1.29, 1.82) is 10.8 Å². The van der Waals surface area contributed by atoms with Crippen molar-refractivity contribution in [3.8, 4) is 11.8 Å². The van der Waals surface area contributed by atoms with E-state index in [0.717, 1.165) is 63.4 Å². The lowest BCUT2D eigenvalue weighted by molar-refractivity contribution is 0.280. The minimum absolute atomic E-state index is 0.104. The van der Waals surface area contributed by atoms with Crippen LogP contribution in [0.1, 0.15) is 95.7 Å². The lowest BCUT2D eigenvalue weighted by atomic mass is 10.0. The maximum Gasteiger partial charge on any atom is 0.0719 e. The number of rotatable bonds is 8. The van der Waals surface area contributed by atoms with Gasteiger partial charge in [-0.15, -0.1) is 0 Å². The first-order valence-corrected chi connectivity index (χ1v) is 13.7. The highest BCUT2D eigenvalue weighted by Crippen LogP contribution is 2.18. The van der Waals surface area contributed by atoms with Gasteiger partial charge in [0, 0.05) is 40.7 Å². The zero-order valence-corrected chi connectivity index (χ0v) is 25.3. The van der Waals surface area contributed by atoms with Gasteiger partial charge in [0.2, 0.25) is 0 Å². The van der Waals surface area contributed by atoms with Crippen LogP contribution in [0.4, 0.5) is 0 Å². The molecule has 2 rings (SSSR count). The van der Waals surface area contributed by atoms with Gasteiger partial charge in [0.15, 0.2) is 0 Å². The van der Waals surface area contributed by atoms with Crippen molar-refractivity contribution >= 4 is 29.1 Å². The smallest absolute Gasteiger partial charge is 0.0719 e. The first kappa shape index (κ1) is 35.0. The summed E-state index contributed by atoms with van der Waals surface area (Å²) in [6.45, 7) is 16.3. The number of aryl methyl sites for hydroxylation is 2. The molecule has 0 spiro atoms. The van der Waals surface area contributed by atoms with Crippen molar-refractivity contribution in [3.63, 3.8) is 0 Å². The van der Waals surface area contributed by atoms with E-state index >= 15 is 0 Å². The van der Waals surface area contributed by atoms with Gasteiger partial charge in [-0.05, 0) is 81.0 Å². The first-order valence-electron chi connectivity index (χ1n) is 13.3. The van der Waals surface area contributed by atoms with Crippen LogP contribution in [-0.2, 0) is 13.0 Å². The van der Waals surface area contributed by atoms with Gasteiger partial charge in [-0.2, -0.15) is 0 Å². The number of aliphatic hydroxyl groups excluding tert-OH is 1. The summed E-state index contributed by atoms with van der Waals surface area (Å²) < 4.78 is 0. The van der Waals surface area contributed by atoms with Gasteiger partial charge in [-0.25, -0.2) is 0 Å². The first-order chi connectivity index (χ1) is 18.1. The third-order valence-corrected chi connectivity index (χ3v) is 6.00. The molecule has 1 heterocycles. The maximum atomic E-state index is 8.99. The van der Waals surface area contributed by atoms with E-state index < -0.39 is 0 Å². The highest BCUT2D eigenvalue weighted by Gasteiger charge is 2.07. The van der Waals surface area contributed by atoms with E-state index in [2.05, 4.69) is 50.6 Å². The molecule has 0 saturated heterocycles. The number of allylic oxidation sites excluding steroid dienone is 4. The SMILES string of the molecule is CC(=N)c1cnc(C(C=N)=C(C)C)cc1C.CCC#C/C=C\C(C)CC.CCCc1cc(Cl)ccc1CO. The Morgan fingerprint density at radius 1 is 1.13 bits per heavy atom. The van der Waals surface area contributed by atoms with E-state index in [1.807, 2.05) is 51.1 Å². The monoisotopic (exact) mass is 535 g/mol. The van der Waals surface area contributed by atoms with Gasteiger partial charge < -0.3 is 15.9 Å². The van der Waals surface area contributed by atoms with E-state index in [0.29, 0.717) is 11.6 Å². The molecule has 1 aromatic heterocycles. The Morgan fingerprint density at radius 3 is 2.29 bits per heavy atom. The minimum atomic E-state index is 0.104. The van der Waals surface area contributed by atoms with Crippen LogP contribution in [0.15, 0.2) is 48.2 Å². The number of pyridine rings is 1. The van der Waals surface area contributed by atoms with Crippen LogP contribution in [0, 0.1) is 35.5 Å². The van der Waals surface area contributed by atoms with Crippen LogP contribution in [0.25, 0.3) is 5.57 Å². The molecule has 5 heteroatoms. The van der Waals surface area contributed by atoms with Crippen molar-refractivity contribution in [2.75, 3.05) is 0 Å². The minimum Gasteiger partial charge on any atom is -0.392 e. The second-order valence-corrected chi connectivity index (χ2v) is 9.74. The molecule has 3 N–H and O–H groups in total. The van der Waals surface area contributed by atoms with Crippen molar-refractivity contribution < 1.29 is 5.11 Å². The topological polar surface area (TPSA) is 80.8 Å². The molecule has 0 fully saturated rings. The molecule has 1 unspecified atom stereocenters. The van der Waals surface area contributed by atoms with Gasteiger partial charge in [0.25, 0.3) is 0 Å². The van der Waals surface area contributed by atoms with Crippen LogP contribution >= 0.6 is 11.6 Å². The predicted octanol–water partition coefficient (Wildman–Crippen LogP) is 9.01. The highest BCUT2D eigenvalue weighted by atomic mass is 35.5. The Balaban J connectivity index is 0.000000559. The normalized spacial score (nSPS) is 10.7. The Kier molecular flexibility index (Phi) is 18.4. The van der Waals surface area contributed by atoms with Gasteiger partial charge >= 0.3 is 0 Å². The lowest BCUT2D eigenvalue weighted by Gasteiger charge is -2.08. The number of benzene rings is 1. The number of halogens is 1. The summed E-state index contributed by atoms with van der Waals surface area (Å²) in [5.41, 5.74) is 7.27. The average Bonchev–Trinajstić information content (AvgIpc) is 2.87. The van der Waals surface area contributed by atoms with Crippen molar-refractivity contribution in [1.82, 2.24) is 4.98 Å². The fraction of sp³-hybridized carbons (Fsp3) is 0.424. The summed E-state index contributed by atoms with van der Waals surface area (Å²) in [5.74, 6) is 6.63. The number of nitrogens with zero attached hydrogens (tertiary/aromatic N) is 1. The molecule has 0 bridgehead atoms. The zero-order chi connectivity index (χ0) is 29.1. The molecule has 0 aliphatic rings. The molecule has 0 radical (unpaired) electrons. The molecular formula is C33H46ClN3O. The van der Waals surface area contributed by atoms with Crippen molar-refractivity contribution in [2.45, 2.75) is 87.7 Å². The number of aromatic nitrogens is 1. The van der Waals surface area contributed by atoms with E-state index in [-0.39, 0.29) is 6.61 Å². The summed E-state index contributed by atoms with van der Waals surface area (Å²) in [5, 5.41) is 24.7. The standard InChI is InChI=1S/C13H17N3.C10H13ClO.C10H16/c1-8(2)11(6-14)13-5-9(3)12(7-16-13)10(4)15;1-2-3-8-6-10(11)5-4-9(8)7-12;1-4-6-7-8-9-10(3)5-2/h5-7,14-15H,1-4H3;4-6,12H,2-3,7H2,1H3;8-10H,4-5H2,1-3H3/b;;9-8-. The fourth-order valence-electron chi connectivity index (χ4n) is 3.33. The molecular weight excluding hydrogens is 490 g/mol. The van der Waals surface area contributed by atoms with E-state index in [1.54, 1.807) is 13.1 Å². The summed E-state index contributed by atoms with van der Waals surface area (Å²) in [4.78, 5) is 4.30. The van der Waals surface area contributed by atoms with Crippen LogP contribution in [0.3, 0.4) is 0 Å². The third-order valence-electron chi connectivity index (χ3n) is 5.76. The average molecular weight is 536 g/mol.